The molecule has 3 heteroatoms. The summed E-state index contributed by atoms with van der Waals surface area (Å²) in [5.41, 5.74) is 0. The fraction of sp³-hybridized carbons (Fsp3) is 0.800. The molecule has 1 atom stereocenters. The molecule has 0 spiro atoms. The Morgan fingerprint density at radius 1 is 1.88 bits per heavy atom. The van der Waals surface area contributed by atoms with E-state index < -0.39 is 0 Å². The second kappa shape index (κ2) is 1.65. The maximum Gasteiger partial charge on any atom is 0.409 e. The van der Waals surface area contributed by atoms with Crippen molar-refractivity contribution in [2.24, 2.45) is 0 Å². The smallest absolute Gasteiger partial charge is 0.409 e. The van der Waals surface area contributed by atoms with Crippen LogP contribution in [-0.4, -0.2) is 30.7 Å². The second-order valence-electron chi connectivity index (χ2n) is 1.97. The lowest BCUT2D eigenvalue weighted by molar-refractivity contribution is 0.153. The highest BCUT2D eigenvalue weighted by atomic mass is 16.5. The van der Waals surface area contributed by atoms with Crippen molar-refractivity contribution in [2.75, 3.05) is 13.7 Å². The zero-order valence-corrected chi connectivity index (χ0v) is 5.05. The monoisotopic (exact) mass is 115 g/mol. The van der Waals surface area contributed by atoms with Gasteiger partial charge in [0.25, 0.3) is 0 Å². The van der Waals surface area contributed by atoms with Crippen molar-refractivity contribution < 1.29 is 9.53 Å². The van der Waals surface area contributed by atoms with Gasteiger partial charge in [-0.15, -0.1) is 0 Å². The standard InChI is InChI=1S/C5H9NO2/c1-4-3-6(4)5(7)8-2/h4H,3H2,1-2H3. The van der Waals surface area contributed by atoms with Crippen LogP contribution in [0.1, 0.15) is 6.92 Å². The fourth-order valence-electron chi connectivity index (χ4n) is 0.609. The molecule has 0 aromatic rings. The van der Waals surface area contributed by atoms with E-state index in [4.69, 9.17) is 0 Å². The summed E-state index contributed by atoms with van der Waals surface area (Å²) in [4.78, 5) is 12.1. The highest BCUT2D eigenvalue weighted by Crippen LogP contribution is 2.16. The van der Waals surface area contributed by atoms with Crippen LogP contribution in [0.2, 0.25) is 0 Å². The van der Waals surface area contributed by atoms with Crippen LogP contribution >= 0.6 is 0 Å². The first-order valence-electron chi connectivity index (χ1n) is 2.60. The first-order valence-corrected chi connectivity index (χ1v) is 2.60. The maximum absolute atomic E-state index is 10.5. The minimum absolute atomic E-state index is 0.211. The minimum Gasteiger partial charge on any atom is -0.453 e. The fourth-order valence-corrected chi connectivity index (χ4v) is 0.609. The van der Waals surface area contributed by atoms with Crippen molar-refractivity contribution in [3.05, 3.63) is 0 Å². The molecule has 0 aromatic heterocycles. The molecule has 0 bridgehead atoms. The van der Waals surface area contributed by atoms with Gasteiger partial charge >= 0.3 is 6.09 Å². The summed E-state index contributed by atoms with van der Waals surface area (Å²) in [6, 6.07) is 0.405. The topological polar surface area (TPSA) is 29.3 Å². The molecule has 1 rings (SSSR count). The number of ether oxygens (including phenoxy) is 1. The van der Waals surface area contributed by atoms with Gasteiger partial charge in [0.05, 0.1) is 13.2 Å². The lowest BCUT2D eigenvalue weighted by Crippen LogP contribution is -2.11. The number of methoxy groups -OCH3 is 1. The summed E-state index contributed by atoms with van der Waals surface area (Å²) in [6.45, 7) is 2.84. The minimum atomic E-state index is -0.211. The van der Waals surface area contributed by atoms with Crippen LogP contribution in [0.4, 0.5) is 4.79 Å². The van der Waals surface area contributed by atoms with E-state index in [0.29, 0.717) is 6.04 Å². The number of carbonyl (C=O) groups is 1. The Hall–Kier alpha value is -0.730. The number of rotatable bonds is 0. The van der Waals surface area contributed by atoms with Crippen LogP contribution in [0, 0.1) is 0 Å². The lowest BCUT2D eigenvalue weighted by Gasteiger charge is -1.96. The summed E-state index contributed by atoms with van der Waals surface area (Å²) < 4.78 is 4.43. The second-order valence-corrected chi connectivity index (χ2v) is 1.97. The Labute approximate surface area is 48.2 Å². The zero-order valence-electron chi connectivity index (χ0n) is 5.05. The first kappa shape index (κ1) is 5.41. The van der Waals surface area contributed by atoms with Crippen LogP contribution in [0.3, 0.4) is 0 Å². The third kappa shape index (κ3) is 0.757. The van der Waals surface area contributed by atoms with Gasteiger partial charge in [0, 0.05) is 6.54 Å². The number of hydrogen-bond acceptors (Lipinski definition) is 2. The molecule has 0 N–H and O–H groups in total. The summed E-state index contributed by atoms with van der Waals surface area (Å²) >= 11 is 0. The molecule has 46 valence electrons. The normalized spacial score (nSPS) is 25.2. The largest absolute Gasteiger partial charge is 0.453 e. The maximum atomic E-state index is 10.5. The Morgan fingerprint density at radius 3 is 2.50 bits per heavy atom. The molecule has 1 unspecified atom stereocenters. The third-order valence-electron chi connectivity index (χ3n) is 1.27. The van der Waals surface area contributed by atoms with Crippen molar-refractivity contribution in [2.45, 2.75) is 13.0 Å². The van der Waals surface area contributed by atoms with Gasteiger partial charge in [0.2, 0.25) is 0 Å². The van der Waals surface area contributed by atoms with E-state index in [2.05, 4.69) is 4.74 Å². The van der Waals surface area contributed by atoms with Crippen molar-refractivity contribution in [1.29, 1.82) is 0 Å². The van der Waals surface area contributed by atoms with Crippen LogP contribution in [0.15, 0.2) is 0 Å². The molecule has 1 saturated heterocycles. The predicted octanol–water partition coefficient (Wildman–Crippen LogP) is 0.457. The van der Waals surface area contributed by atoms with Gasteiger partial charge in [-0.1, -0.05) is 0 Å². The van der Waals surface area contributed by atoms with E-state index in [1.165, 1.54) is 7.11 Å². The van der Waals surface area contributed by atoms with E-state index >= 15 is 0 Å². The summed E-state index contributed by atoms with van der Waals surface area (Å²) in [6.07, 6.45) is -0.211. The van der Waals surface area contributed by atoms with Gasteiger partial charge in [0.15, 0.2) is 0 Å². The molecular formula is C5H9NO2. The first-order chi connectivity index (χ1) is 3.75. The van der Waals surface area contributed by atoms with Crippen molar-refractivity contribution in [1.82, 2.24) is 4.90 Å². The van der Waals surface area contributed by atoms with Crippen molar-refractivity contribution in [3.63, 3.8) is 0 Å². The van der Waals surface area contributed by atoms with Gasteiger partial charge in [-0.2, -0.15) is 0 Å². The van der Waals surface area contributed by atoms with Gasteiger partial charge in [-0.25, -0.2) is 4.79 Å². The average molecular weight is 115 g/mol. The highest BCUT2D eigenvalue weighted by Gasteiger charge is 2.34. The van der Waals surface area contributed by atoms with E-state index in [1.807, 2.05) is 6.92 Å². The molecular weight excluding hydrogens is 106 g/mol. The SMILES string of the molecule is COC(=O)N1CC1C. The number of hydrogen-bond donors (Lipinski definition) is 0. The van der Waals surface area contributed by atoms with E-state index in [-0.39, 0.29) is 6.09 Å². The molecule has 0 aromatic carbocycles. The summed E-state index contributed by atoms with van der Waals surface area (Å²) in [5, 5.41) is 0. The molecule has 0 aliphatic carbocycles. The molecule has 8 heavy (non-hydrogen) atoms. The predicted molar refractivity (Wildman–Crippen MR) is 28.6 cm³/mol. The van der Waals surface area contributed by atoms with E-state index in [1.54, 1.807) is 4.90 Å². The van der Waals surface area contributed by atoms with Gasteiger partial charge in [0.1, 0.15) is 0 Å². The molecule has 1 heterocycles. The van der Waals surface area contributed by atoms with Crippen molar-refractivity contribution in [3.8, 4) is 0 Å². The molecule has 1 fully saturated rings. The van der Waals surface area contributed by atoms with Crippen LogP contribution in [0.25, 0.3) is 0 Å². The Morgan fingerprint density at radius 2 is 2.38 bits per heavy atom. The third-order valence-corrected chi connectivity index (χ3v) is 1.27. The number of amides is 1. The van der Waals surface area contributed by atoms with Crippen molar-refractivity contribution >= 4 is 6.09 Å². The highest BCUT2D eigenvalue weighted by molar-refractivity contribution is 5.70. The Balaban J connectivity index is 2.28. The van der Waals surface area contributed by atoms with E-state index in [0.717, 1.165) is 6.54 Å². The summed E-state index contributed by atoms with van der Waals surface area (Å²) in [7, 11) is 1.40. The Bertz CT molecular complexity index is 113. The molecule has 0 saturated carbocycles. The Kier molecular flexibility index (Phi) is 1.12. The quantitative estimate of drug-likeness (QED) is 0.429. The zero-order chi connectivity index (χ0) is 6.15. The van der Waals surface area contributed by atoms with Crippen LogP contribution < -0.4 is 0 Å². The lowest BCUT2D eigenvalue weighted by atomic mass is 10.6. The van der Waals surface area contributed by atoms with Gasteiger partial charge < -0.3 is 9.64 Å². The van der Waals surface area contributed by atoms with E-state index in [9.17, 15) is 4.79 Å². The van der Waals surface area contributed by atoms with Crippen LogP contribution in [0.5, 0.6) is 0 Å². The summed E-state index contributed by atoms with van der Waals surface area (Å²) in [5.74, 6) is 0. The average Bonchev–Trinajstić information content (AvgIpc) is 2.45. The van der Waals surface area contributed by atoms with Gasteiger partial charge in [-0.05, 0) is 6.92 Å². The molecule has 1 amide bonds. The number of nitrogens with zero attached hydrogens (tertiary/aromatic N) is 1. The molecule has 1 aliphatic heterocycles. The van der Waals surface area contributed by atoms with Crippen LogP contribution in [-0.2, 0) is 4.74 Å². The van der Waals surface area contributed by atoms with Gasteiger partial charge in [-0.3, -0.25) is 0 Å². The molecule has 0 radical (unpaired) electrons. The number of carbonyl (C=O) groups excluding carboxylic acids is 1. The molecule has 3 nitrogen and oxygen atoms in total. The molecule has 1 aliphatic rings.